The largest absolute Gasteiger partial charge is 0.508 e. The number of halogens is 2. The second kappa shape index (κ2) is 10.2. The monoisotopic (exact) mass is 614 g/mol. The first-order chi connectivity index (χ1) is 21.7. The van der Waals surface area contributed by atoms with Gasteiger partial charge in [-0.05, 0) is 55.7 Å². The van der Waals surface area contributed by atoms with E-state index in [9.17, 15) is 19.7 Å². The van der Waals surface area contributed by atoms with Crippen molar-refractivity contribution in [2.24, 2.45) is 0 Å². The van der Waals surface area contributed by atoms with Crippen LogP contribution in [0.1, 0.15) is 44.1 Å². The second-order valence-electron chi connectivity index (χ2n) is 12.8. The van der Waals surface area contributed by atoms with Gasteiger partial charge >= 0.3 is 6.01 Å². The number of piperazine rings is 1. The van der Waals surface area contributed by atoms with Crippen LogP contribution in [0, 0.1) is 24.0 Å². The summed E-state index contributed by atoms with van der Waals surface area (Å²) in [5, 5.41) is 36.3. The number of phenols is 1. The first-order valence-electron chi connectivity index (χ1n) is 15.3. The fourth-order valence-corrected chi connectivity index (χ4v) is 7.95. The number of rotatable bonds is 5. The van der Waals surface area contributed by atoms with Crippen LogP contribution >= 0.6 is 0 Å². The van der Waals surface area contributed by atoms with E-state index in [1.54, 1.807) is 4.90 Å². The van der Waals surface area contributed by atoms with Gasteiger partial charge < -0.3 is 30.3 Å². The molecule has 3 atom stereocenters. The predicted octanol–water partition coefficient (Wildman–Crippen LogP) is 3.40. The van der Waals surface area contributed by atoms with Gasteiger partial charge in [0.25, 0.3) is 0 Å². The quantitative estimate of drug-likeness (QED) is 0.196. The van der Waals surface area contributed by atoms with Crippen molar-refractivity contribution in [2.75, 3.05) is 31.1 Å². The third-order valence-electron chi connectivity index (χ3n) is 10.0. The molecule has 2 bridgehead atoms. The predicted molar refractivity (Wildman–Crippen MR) is 163 cm³/mol. The highest BCUT2D eigenvalue weighted by Gasteiger charge is 2.56. The number of phenolic OH excluding ortho intramolecular Hbond substituents is 1. The fourth-order valence-electron chi connectivity index (χ4n) is 7.95. The molecule has 8 rings (SSSR count). The molecule has 0 aliphatic carbocycles. The van der Waals surface area contributed by atoms with E-state index < -0.39 is 23.1 Å². The summed E-state index contributed by atoms with van der Waals surface area (Å²) in [4.78, 5) is 17.6. The van der Waals surface area contributed by atoms with Crippen LogP contribution in [0.25, 0.3) is 32.9 Å². The van der Waals surface area contributed by atoms with Crippen LogP contribution in [0.2, 0.25) is 0 Å². The Morgan fingerprint density at radius 2 is 1.89 bits per heavy atom. The van der Waals surface area contributed by atoms with Crippen LogP contribution < -0.4 is 15.0 Å². The molecule has 10 nitrogen and oxygen atoms in total. The van der Waals surface area contributed by atoms with Crippen molar-refractivity contribution in [1.29, 1.82) is 0 Å². The summed E-state index contributed by atoms with van der Waals surface area (Å²) in [6.45, 7) is 1.98. The second-order valence-corrected chi connectivity index (χ2v) is 12.8. The zero-order valence-electron chi connectivity index (χ0n) is 24.4. The van der Waals surface area contributed by atoms with Crippen LogP contribution in [-0.4, -0.2) is 84.9 Å². The molecule has 4 aliphatic rings. The Morgan fingerprint density at radius 1 is 1.09 bits per heavy atom. The Hall–Kier alpha value is -4.15. The number of terminal acetylenes is 1. The molecule has 0 radical (unpaired) electrons. The minimum absolute atomic E-state index is 0.0353. The minimum atomic E-state index is -1.90. The number of pyridine rings is 1. The van der Waals surface area contributed by atoms with Gasteiger partial charge in [-0.3, -0.25) is 4.98 Å². The van der Waals surface area contributed by atoms with Gasteiger partial charge in [0.1, 0.15) is 35.2 Å². The minimum Gasteiger partial charge on any atom is -0.508 e. The summed E-state index contributed by atoms with van der Waals surface area (Å²) < 4.78 is 37.8. The van der Waals surface area contributed by atoms with Crippen molar-refractivity contribution in [2.45, 2.75) is 62.1 Å². The van der Waals surface area contributed by atoms with Gasteiger partial charge in [0.15, 0.2) is 5.82 Å². The molecule has 6 heterocycles. The molecule has 45 heavy (non-hydrogen) atoms. The van der Waals surface area contributed by atoms with E-state index in [4.69, 9.17) is 16.1 Å². The highest BCUT2D eigenvalue weighted by atomic mass is 19.1. The molecule has 0 spiro atoms. The van der Waals surface area contributed by atoms with E-state index in [-0.39, 0.29) is 64.6 Å². The molecule has 232 valence electrons. The number of aromatic hydroxyl groups is 1. The Labute approximate surface area is 257 Å². The van der Waals surface area contributed by atoms with E-state index in [1.807, 2.05) is 0 Å². The lowest BCUT2D eigenvalue weighted by molar-refractivity contribution is -0.256. The first kappa shape index (κ1) is 28.3. The van der Waals surface area contributed by atoms with E-state index in [0.29, 0.717) is 42.6 Å². The number of hydrogen-bond acceptors (Lipinski definition) is 10. The standard InChI is InChI=1S/C33H32F2N6O4/c1-2-22-25(34)7-4-18-12-21(42)13-23(26(18)22)28-27(35)29-24(14-36-28)30(40-15-19-5-6-20(16-40)37-19)39-31(38-29)45-17-32-8-3-11-41(32)33(43,44)10-9-32/h1,4,7,12-14,19-20,37,42-44H,3,5-6,8-11,15-17H2. The van der Waals surface area contributed by atoms with Gasteiger partial charge in [-0.25, -0.2) is 13.7 Å². The molecule has 12 heteroatoms. The Kier molecular flexibility index (Phi) is 6.41. The number of nitrogens with zero attached hydrogens (tertiary/aromatic N) is 5. The average molecular weight is 615 g/mol. The molecule has 2 aromatic heterocycles. The summed E-state index contributed by atoms with van der Waals surface area (Å²) in [7, 11) is 0. The lowest BCUT2D eigenvalue weighted by atomic mass is 9.95. The molecule has 4 fully saturated rings. The normalized spacial score (nSPS) is 25.6. The summed E-state index contributed by atoms with van der Waals surface area (Å²) in [5.41, 5.74) is -0.703. The molecule has 4 saturated heterocycles. The Morgan fingerprint density at radius 3 is 2.67 bits per heavy atom. The van der Waals surface area contributed by atoms with E-state index in [0.717, 1.165) is 25.7 Å². The van der Waals surface area contributed by atoms with E-state index in [1.165, 1.54) is 30.5 Å². The van der Waals surface area contributed by atoms with Gasteiger partial charge in [-0.2, -0.15) is 9.97 Å². The highest BCUT2D eigenvalue weighted by Crippen LogP contribution is 2.46. The molecule has 0 saturated carbocycles. The first-order valence-corrected chi connectivity index (χ1v) is 15.3. The third-order valence-corrected chi connectivity index (χ3v) is 10.0. The van der Waals surface area contributed by atoms with Crippen LogP contribution in [0.5, 0.6) is 11.8 Å². The zero-order valence-corrected chi connectivity index (χ0v) is 24.4. The molecule has 3 unspecified atom stereocenters. The summed E-state index contributed by atoms with van der Waals surface area (Å²) in [6.07, 6.45) is 11.5. The van der Waals surface area contributed by atoms with Crippen molar-refractivity contribution in [1.82, 2.24) is 25.2 Å². The number of anilines is 1. The highest BCUT2D eigenvalue weighted by molar-refractivity contribution is 6.03. The number of fused-ring (bicyclic) bond motifs is 5. The number of hydrogen-bond donors (Lipinski definition) is 4. The number of benzene rings is 2. The van der Waals surface area contributed by atoms with Gasteiger partial charge in [-0.1, -0.05) is 12.0 Å². The third kappa shape index (κ3) is 4.48. The van der Waals surface area contributed by atoms with Gasteiger partial charge in [0, 0.05) is 55.3 Å². The number of aliphatic hydroxyl groups is 2. The summed E-state index contributed by atoms with van der Waals surface area (Å²) >= 11 is 0. The lowest BCUT2D eigenvalue weighted by Crippen LogP contribution is -2.53. The van der Waals surface area contributed by atoms with Gasteiger partial charge in [-0.15, -0.1) is 6.42 Å². The molecule has 4 aromatic rings. The summed E-state index contributed by atoms with van der Waals surface area (Å²) in [5.74, 6) is -0.631. The van der Waals surface area contributed by atoms with Crippen molar-refractivity contribution < 1.29 is 28.8 Å². The van der Waals surface area contributed by atoms with Gasteiger partial charge in [0.05, 0.1) is 16.5 Å². The molecule has 4 aliphatic heterocycles. The maximum absolute atomic E-state index is 16.8. The van der Waals surface area contributed by atoms with E-state index in [2.05, 4.69) is 26.1 Å². The van der Waals surface area contributed by atoms with Crippen molar-refractivity contribution in [3.63, 3.8) is 0 Å². The van der Waals surface area contributed by atoms with Gasteiger partial charge in [0.2, 0.25) is 5.91 Å². The van der Waals surface area contributed by atoms with E-state index >= 15 is 4.39 Å². The van der Waals surface area contributed by atoms with Crippen molar-refractivity contribution >= 4 is 27.5 Å². The summed E-state index contributed by atoms with van der Waals surface area (Å²) in [6, 6.07) is 5.95. The Balaban J connectivity index is 1.27. The van der Waals surface area contributed by atoms with Crippen LogP contribution in [0.15, 0.2) is 30.5 Å². The maximum atomic E-state index is 16.8. The number of aromatic nitrogens is 3. The lowest BCUT2D eigenvalue weighted by Gasteiger charge is -2.36. The molecular formula is C33H32F2N6O4. The van der Waals surface area contributed by atoms with Crippen LogP contribution in [0.4, 0.5) is 14.6 Å². The molecular weight excluding hydrogens is 582 g/mol. The van der Waals surface area contributed by atoms with Crippen LogP contribution in [0.3, 0.4) is 0 Å². The number of nitrogens with one attached hydrogen (secondary N) is 1. The smallest absolute Gasteiger partial charge is 0.319 e. The number of ether oxygens (including phenoxy) is 1. The van der Waals surface area contributed by atoms with Crippen LogP contribution in [-0.2, 0) is 0 Å². The molecule has 2 aromatic carbocycles. The van der Waals surface area contributed by atoms with Crippen molar-refractivity contribution in [3.8, 4) is 35.4 Å². The Bertz CT molecular complexity index is 1900. The zero-order chi connectivity index (χ0) is 31.1. The topological polar surface area (TPSA) is 127 Å². The fraction of sp³-hybridized carbons (Fsp3) is 0.424. The average Bonchev–Trinajstić information content (AvgIpc) is 3.68. The molecule has 4 N–H and O–H groups in total. The maximum Gasteiger partial charge on any atom is 0.319 e. The van der Waals surface area contributed by atoms with Crippen molar-refractivity contribution in [3.05, 3.63) is 47.7 Å². The SMILES string of the molecule is C#Cc1c(F)ccc2cc(O)cc(-c3ncc4c(N5CC6CCC(C5)N6)nc(OCC56CCCN5C(O)(O)CC6)nc4c3F)c12. The molecule has 0 amide bonds.